The molecule has 0 aliphatic heterocycles. The van der Waals surface area contributed by atoms with Gasteiger partial charge in [0.1, 0.15) is 0 Å². The number of benzene rings is 1. The van der Waals surface area contributed by atoms with Crippen LogP contribution < -0.4 is 5.32 Å². The van der Waals surface area contributed by atoms with Crippen molar-refractivity contribution in [3.63, 3.8) is 0 Å². The monoisotopic (exact) mass is 256 g/mol. The number of rotatable bonds is 2. The third-order valence-corrected chi connectivity index (χ3v) is 3.87. The molecule has 2 rings (SSSR count). The minimum atomic E-state index is 0.0120. The van der Waals surface area contributed by atoms with Crippen LogP contribution in [0.1, 0.15) is 47.2 Å². The molecule has 1 aliphatic carbocycles. The number of aryl methyl sites for hydroxylation is 2. The summed E-state index contributed by atoms with van der Waals surface area (Å²) in [6.07, 6.45) is 3.62. The molecule has 1 aliphatic rings. The van der Waals surface area contributed by atoms with Crippen molar-refractivity contribution in [2.24, 2.45) is 5.92 Å². The molecule has 0 spiro atoms. The summed E-state index contributed by atoms with van der Waals surface area (Å²) < 4.78 is 0. The van der Waals surface area contributed by atoms with Gasteiger partial charge in [0.25, 0.3) is 5.91 Å². The van der Waals surface area contributed by atoms with E-state index in [-0.39, 0.29) is 17.9 Å². The van der Waals surface area contributed by atoms with Crippen LogP contribution in [-0.4, -0.2) is 11.9 Å². The second kappa shape index (κ2) is 5.88. The van der Waals surface area contributed by atoms with E-state index in [1.165, 1.54) is 5.56 Å². The lowest BCUT2D eigenvalue weighted by atomic mass is 9.87. The first-order valence-corrected chi connectivity index (χ1v) is 6.88. The smallest absolute Gasteiger partial charge is 0.251 e. The Morgan fingerprint density at radius 1 is 1.26 bits per heavy atom. The molecule has 3 heteroatoms. The van der Waals surface area contributed by atoms with E-state index in [0.717, 1.165) is 36.8 Å². The van der Waals surface area contributed by atoms with Gasteiger partial charge in [0.15, 0.2) is 0 Å². The highest BCUT2D eigenvalue weighted by molar-refractivity contribution is 5.95. The Morgan fingerprint density at radius 3 is 2.53 bits per heavy atom. The van der Waals surface area contributed by atoms with E-state index in [9.17, 15) is 4.79 Å². The Labute approximate surface area is 114 Å². The quantitative estimate of drug-likeness (QED) is 0.884. The largest absolute Gasteiger partial charge is 0.349 e. The number of nitrogens with one attached hydrogen (secondary N) is 1. The van der Waals surface area contributed by atoms with E-state index in [1.54, 1.807) is 0 Å². The minimum Gasteiger partial charge on any atom is -0.349 e. The van der Waals surface area contributed by atoms with E-state index in [1.807, 2.05) is 32.0 Å². The molecule has 0 aromatic heterocycles. The predicted molar refractivity (Wildman–Crippen MR) is 74.7 cm³/mol. The summed E-state index contributed by atoms with van der Waals surface area (Å²) in [4.78, 5) is 12.2. The molecule has 0 bridgehead atoms. The van der Waals surface area contributed by atoms with Crippen LogP contribution in [0.25, 0.3) is 0 Å². The van der Waals surface area contributed by atoms with Gasteiger partial charge >= 0.3 is 0 Å². The fraction of sp³-hybridized carbons (Fsp3) is 0.500. The maximum Gasteiger partial charge on any atom is 0.251 e. The van der Waals surface area contributed by atoms with E-state index >= 15 is 0 Å². The van der Waals surface area contributed by atoms with Gasteiger partial charge in [0.2, 0.25) is 0 Å². The van der Waals surface area contributed by atoms with E-state index in [2.05, 4.69) is 11.4 Å². The molecule has 3 nitrogen and oxygen atoms in total. The summed E-state index contributed by atoms with van der Waals surface area (Å²) >= 11 is 0. The van der Waals surface area contributed by atoms with Crippen LogP contribution in [-0.2, 0) is 0 Å². The second-order valence-corrected chi connectivity index (χ2v) is 5.47. The topological polar surface area (TPSA) is 52.9 Å². The zero-order chi connectivity index (χ0) is 13.8. The summed E-state index contributed by atoms with van der Waals surface area (Å²) in [5.74, 6) is 0.187. The average molecular weight is 256 g/mol. The van der Waals surface area contributed by atoms with Gasteiger partial charge in [-0.05, 0) is 51.2 Å². The minimum absolute atomic E-state index is 0.0120. The fourth-order valence-electron chi connectivity index (χ4n) is 2.70. The third-order valence-electron chi connectivity index (χ3n) is 3.87. The number of nitriles is 1. The van der Waals surface area contributed by atoms with Crippen LogP contribution in [0.2, 0.25) is 0 Å². The Morgan fingerprint density at radius 2 is 1.95 bits per heavy atom. The molecule has 0 atom stereocenters. The van der Waals surface area contributed by atoms with Crippen LogP contribution in [0.4, 0.5) is 0 Å². The summed E-state index contributed by atoms with van der Waals surface area (Å²) in [5, 5.41) is 12.0. The van der Waals surface area contributed by atoms with Crippen LogP contribution >= 0.6 is 0 Å². The Kier molecular flexibility index (Phi) is 4.21. The highest BCUT2D eigenvalue weighted by Crippen LogP contribution is 2.24. The molecule has 1 amide bonds. The van der Waals surface area contributed by atoms with Gasteiger partial charge in [0.05, 0.1) is 6.07 Å². The Bertz CT molecular complexity index is 508. The van der Waals surface area contributed by atoms with Crippen LogP contribution in [0.5, 0.6) is 0 Å². The summed E-state index contributed by atoms with van der Waals surface area (Å²) in [5.41, 5.74) is 2.94. The van der Waals surface area contributed by atoms with Crippen molar-refractivity contribution >= 4 is 5.91 Å². The lowest BCUT2D eigenvalue weighted by molar-refractivity contribution is 0.0924. The van der Waals surface area contributed by atoms with E-state index < -0.39 is 0 Å². The normalized spacial score (nSPS) is 22.6. The molecule has 0 unspecified atom stereocenters. The first-order valence-electron chi connectivity index (χ1n) is 6.88. The van der Waals surface area contributed by atoms with Crippen LogP contribution in [0.3, 0.4) is 0 Å². The number of hydrogen-bond acceptors (Lipinski definition) is 2. The van der Waals surface area contributed by atoms with Crippen molar-refractivity contribution in [3.8, 4) is 6.07 Å². The van der Waals surface area contributed by atoms with Crippen LogP contribution in [0, 0.1) is 31.1 Å². The highest BCUT2D eigenvalue weighted by atomic mass is 16.1. The maximum absolute atomic E-state index is 12.2. The Balaban J connectivity index is 1.96. The van der Waals surface area contributed by atoms with Crippen molar-refractivity contribution in [2.75, 3.05) is 0 Å². The van der Waals surface area contributed by atoms with Gasteiger partial charge in [0, 0.05) is 17.5 Å². The molecular weight excluding hydrogens is 236 g/mol. The van der Waals surface area contributed by atoms with Gasteiger partial charge in [-0.25, -0.2) is 0 Å². The van der Waals surface area contributed by atoms with Crippen molar-refractivity contribution in [1.29, 1.82) is 5.26 Å². The van der Waals surface area contributed by atoms with E-state index in [0.29, 0.717) is 0 Å². The average Bonchev–Trinajstić information content (AvgIpc) is 2.39. The molecule has 1 aromatic carbocycles. The van der Waals surface area contributed by atoms with E-state index in [4.69, 9.17) is 5.26 Å². The van der Waals surface area contributed by atoms with Crippen molar-refractivity contribution in [2.45, 2.75) is 45.6 Å². The molecule has 1 fully saturated rings. The molecule has 1 N–H and O–H groups in total. The van der Waals surface area contributed by atoms with Gasteiger partial charge in [-0.2, -0.15) is 5.26 Å². The standard InChI is InChI=1S/C16H20N2O/c1-11-3-8-15(12(2)9-11)16(19)18-14-6-4-13(10-17)5-7-14/h3,8-9,13-14H,4-7H2,1-2H3,(H,18,19). The molecule has 0 radical (unpaired) electrons. The summed E-state index contributed by atoms with van der Waals surface area (Å²) in [6, 6.07) is 8.42. The molecule has 100 valence electrons. The number of carbonyl (C=O) groups is 1. The fourth-order valence-corrected chi connectivity index (χ4v) is 2.70. The molecule has 0 heterocycles. The zero-order valence-electron chi connectivity index (χ0n) is 11.6. The summed E-state index contributed by atoms with van der Waals surface area (Å²) in [7, 11) is 0. The zero-order valence-corrected chi connectivity index (χ0v) is 11.6. The molecular formula is C16H20N2O. The summed E-state index contributed by atoms with van der Waals surface area (Å²) in [6.45, 7) is 3.99. The van der Waals surface area contributed by atoms with Crippen molar-refractivity contribution in [3.05, 3.63) is 34.9 Å². The van der Waals surface area contributed by atoms with Gasteiger partial charge in [-0.15, -0.1) is 0 Å². The number of amides is 1. The van der Waals surface area contributed by atoms with Gasteiger partial charge in [-0.1, -0.05) is 17.7 Å². The number of hydrogen-bond donors (Lipinski definition) is 1. The lowest BCUT2D eigenvalue weighted by Crippen LogP contribution is -2.37. The third kappa shape index (κ3) is 3.35. The molecule has 1 saturated carbocycles. The van der Waals surface area contributed by atoms with Gasteiger partial charge in [-0.3, -0.25) is 4.79 Å². The number of carbonyl (C=O) groups excluding carboxylic acids is 1. The molecule has 1 aromatic rings. The second-order valence-electron chi connectivity index (χ2n) is 5.47. The first-order chi connectivity index (χ1) is 9.10. The number of nitrogens with zero attached hydrogens (tertiary/aromatic N) is 1. The van der Waals surface area contributed by atoms with Crippen LogP contribution in [0.15, 0.2) is 18.2 Å². The molecule has 0 saturated heterocycles. The lowest BCUT2D eigenvalue weighted by Gasteiger charge is -2.25. The predicted octanol–water partition coefficient (Wildman–Crippen LogP) is 3.12. The Hall–Kier alpha value is -1.82. The molecule has 19 heavy (non-hydrogen) atoms. The maximum atomic E-state index is 12.2. The highest BCUT2D eigenvalue weighted by Gasteiger charge is 2.22. The SMILES string of the molecule is Cc1ccc(C(=O)NC2CCC(C#N)CC2)c(C)c1. The van der Waals surface area contributed by atoms with Gasteiger partial charge < -0.3 is 5.32 Å². The van der Waals surface area contributed by atoms with Crippen molar-refractivity contribution < 1.29 is 4.79 Å². The van der Waals surface area contributed by atoms with Crippen molar-refractivity contribution in [1.82, 2.24) is 5.32 Å². The first kappa shape index (κ1) is 13.6.